The van der Waals surface area contributed by atoms with Gasteiger partial charge in [0.15, 0.2) is 0 Å². The summed E-state index contributed by atoms with van der Waals surface area (Å²) in [7, 11) is 1.30. The van der Waals surface area contributed by atoms with Gasteiger partial charge in [-0.2, -0.15) is 0 Å². The number of rotatable bonds is 19. The minimum absolute atomic E-state index is 0.0171. The minimum atomic E-state index is -0.471. The van der Waals surface area contributed by atoms with E-state index in [1.807, 2.05) is 54.6 Å². The first-order valence-electron chi connectivity index (χ1n) is 14.6. The third-order valence-corrected chi connectivity index (χ3v) is 6.43. The Morgan fingerprint density at radius 1 is 0.744 bits per heavy atom. The maximum Gasteiger partial charge on any atom is 0.338 e. The summed E-state index contributed by atoms with van der Waals surface area (Å²) in [6.45, 7) is 3.78. The van der Waals surface area contributed by atoms with E-state index in [-0.39, 0.29) is 31.9 Å². The molecule has 0 aliphatic rings. The Kier molecular flexibility index (Phi) is 14.4. The molecule has 230 valence electrons. The van der Waals surface area contributed by atoms with E-state index in [0.717, 1.165) is 42.7 Å². The molecule has 43 heavy (non-hydrogen) atoms. The van der Waals surface area contributed by atoms with Crippen molar-refractivity contribution in [1.82, 2.24) is 5.32 Å². The molecule has 0 saturated carbocycles. The van der Waals surface area contributed by atoms with Crippen molar-refractivity contribution < 1.29 is 38.1 Å². The molecule has 0 aliphatic carbocycles. The van der Waals surface area contributed by atoms with Gasteiger partial charge >= 0.3 is 11.9 Å². The number of nitrogens with one attached hydrogen (secondary N) is 1. The average Bonchev–Trinajstić information content (AvgIpc) is 3.02. The standard InChI is InChI=1S/C34H41NO8/c1-3-40-34(38)27-17-18-31(28(24-27)25-32(36)35-20-19-33(37)39-2)43-23-11-13-26-12-7-8-16-30(26)42-22-10-9-21-41-29-14-5-4-6-15-29/h4-8,12,14-18,24H,3,9-11,13,19-23,25H2,1-2H3,(H,35,36). The Morgan fingerprint density at radius 3 is 2.16 bits per heavy atom. The van der Waals surface area contributed by atoms with Crippen LogP contribution in [0.2, 0.25) is 0 Å². The van der Waals surface area contributed by atoms with Gasteiger partial charge in [0.1, 0.15) is 17.2 Å². The van der Waals surface area contributed by atoms with Gasteiger partial charge in [-0.25, -0.2) is 4.79 Å². The molecule has 0 atom stereocenters. The van der Waals surface area contributed by atoms with Crippen molar-refractivity contribution in [3.63, 3.8) is 0 Å². The second kappa shape index (κ2) is 18.8. The van der Waals surface area contributed by atoms with Crippen molar-refractivity contribution in [2.45, 2.75) is 45.4 Å². The third kappa shape index (κ3) is 12.1. The van der Waals surface area contributed by atoms with Crippen LogP contribution >= 0.6 is 0 Å². The van der Waals surface area contributed by atoms with Crippen molar-refractivity contribution in [2.75, 3.05) is 40.1 Å². The Hall–Kier alpha value is -4.53. The van der Waals surface area contributed by atoms with Crippen molar-refractivity contribution >= 4 is 17.8 Å². The molecular weight excluding hydrogens is 550 g/mol. The first-order valence-corrected chi connectivity index (χ1v) is 14.6. The van der Waals surface area contributed by atoms with E-state index in [1.54, 1.807) is 25.1 Å². The van der Waals surface area contributed by atoms with Gasteiger partial charge in [-0.15, -0.1) is 0 Å². The molecule has 0 aliphatic heterocycles. The zero-order valence-electron chi connectivity index (χ0n) is 25.0. The molecule has 0 aromatic heterocycles. The molecule has 0 unspecified atom stereocenters. The van der Waals surface area contributed by atoms with Crippen LogP contribution in [0.5, 0.6) is 17.2 Å². The normalized spacial score (nSPS) is 10.5. The number of hydrogen-bond acceptors (Lipinski definition) is 8. The average molecular weight is 592 g/mol. The van der Waals surface area contributed by atoms with Crippen LogP contribution in [0.15, 0.2) is 72.8 Å². The van der Waals surface area contributed by atoms with E-state index < -0.39 is 11.9 Å². The lowest BCUT2D eigenvalue weighted by Gasteiger charge is -2.14. The maximum absolute atomic E-state index is 12.5. The van der Waals surface area contributed by atoms with Gasteiger partial charge in [-0.3, -0.25) is 9.59 Å². The Balaban J connectivity index is 1.49. The smallest absolute Gasteiger partial charge is 0.338 e. The highest BCUT2D eigenvalue weighted by Crippen LogP contribution is 2.24. The number of hydrogen-bond donors (Lipinski definition) is 1. The van der Waals surface area contributed by atoms with Gasteiger partial charge < -0.3 is 29.0 Å². The van der Waals surface area contributed by atoms with E-state index in [0.29, 0.717) is 36.7 Å². The fraction of sp³-hybridized carbons (Fsp3) is 0.382. The molecule has 0 spiro atoms. The molecule has 0 heterocycles. The monoisotopic (exact) mass is 591 g/mol. The molecule has 9 nitrogen and oxygen atoms in total. The van der Waals surface area contributed by atoms with Gasteiger partial charge in [0.2, 0.25) is 5.91 Å². The van der Waals surface area contributed by atoms with Gasteiger partial charge in [0.05, 0.1) is 51.9 Å². The predicted molar refractivity (Wildman–Crippen MR) is 163 cm³/mol. The van der Waals surface area contributed by atoms with Crippen LogP contribution < -0.4 is 19.5 Å². The topological polar surface area (TPSA) is 109 Å². The SMILES string of the molecule is CCOC(=O)c1ccc(OCCCc2ccccc2OCCCCOc2ccccc2)c(CC(=O)NCCC(=O)OC)c1. The molecule has 1 N–H and O–H groups in total. The van der Waals surface area contributed by atoms with Crippen molar-refractivity contribution in [1.29, 1.82) is 0 Å². The Morgan fingerprint density at radius 2 is 1.42 bits per heavy atom. The van der Waals surface area contributed by atoms with Crippen LogP contribution in [-0.2, 0) is 31.9 Å². The molecule has 0 saturated heterocycles. The molecule has 3 aromatic rings. The molecule has 9 heteroatoms. The lowest BCUT2D eigenvalue weighted by atomic mass is 10.1. The molecular formula is C34H41NO8. The summed E-state index contributed by atoms with van der Waals surface area (Å²) in [6.07, 6.45) is 3.29. The van der Waals surface area contributed by atoms with Crippen LogP contribution in [0.1, 0.15) is 54.1 Å². The van der Waals surface area contributed by atoms with E-state index in [1.165, 1.54) is 7.11 Å². The number of methoxy groups -OCH3 is 1. The molecule has 3 rings (SSSR count). The Bertz CT molecular complexity index is 1290. The summed E-state index contributed by atoms with van der Waals surface area (Å²) in [4.78, 5) is 36.2. The molecule has 0 bridgehead atoms. The summed E-state index contributed by atoms with van der Waals surface area (Å²) >= 11 is 0. The summed E-state index contributed by atoms with van der Waals surface area (Å²) in [5.41, 5.74) is 1.99. The van der Waals surface area contributed by atoms with Crippen molar-refractivity contribution in [3.05, 3.63) is 89.5 Å². The number of aryl methyl sites for hydroxylation is 1. The van der Waals surface area contributed by atoms with E-state index >= 15 is 0 Å². The molecule has 0 radical (unpaired) electrons. The van der Waals surface area contributed by atoms with Crippen LogP contribution in [0, 0.1) is 0 Å². The zero-order valence-corrected chi connectivity index (χ0v) is 25.0. The highest BCUT2D eigenvalue weighted by Gasteiger charge is 2.15. The molecule has 0 fully saturated rings. The maximum atomic E-state index is 12.5. The van der Waals surface area contributed by atoms with E-state index in [4.69, 9.17) is 18.9 Å². The lowest BCUT2D eigenvalue weighted by Crippen LogP contribution is -2.28. The largest absolute Gasteiger partial charge is 0.494 e. The molecule has 1 amide bonds. The van der Waals surface area contributed by atoms with Crippen molar-refractivity contribution in [2.24, 2.45) is 0 Å². The number of amides is 1. The summed E-state index contributed by atoms with van der Waals surface area (Å²) < 4.78 is 27.6. The van der Waals surface area contributed by atoms with Crippen LogP contribution in [0.3, 0.4) is 0 Å². The summed E-state index contributed by atoms with van der Waals surface area (Å²) in [6, 6.07) is 22.7. The Labute approximate surface area is 253 Å². The van der Waals surface area contributed by atoms with Gasteiger partial charge in [-0.05, 0) is 74.6 Å². The number of ether oxygens (including phenoxy) is 5. The minimum Gasteiger partial charge on any atom is -0.494 e. The summed E-state index contributed by atoms with van der Waals surface area (Å²) in [5, 5.41) is 2.70. The number of para-hydroxylation sites is 2. The molecule has 3 aromatic carbocycles. The fourth-order valence-corrected chi connectivity index (χ4v) is 4.23. The van der Waals surface area contributed by atoms with Crippen LogP contribution in [-0.4, -0.2) is 57.9 Å². The number of benzene rings is 3. The van der Waals surface area contributed by atoms with Gasteiger partial charge in [0.25, 0.3) is 0 Å². The number of carbonyl (C=O) groups excluding carboxylic acids is 3. The van der Waals surface area contributed by atoms with Gasteiger partial charge in [-0.1, -0.05) is 36.4 Å². The zero-order chi connectivity index (χ0) is 30.7. The van der Waals surface area contributed by atoms with Crippen LogP contribution in [0.4, 0.5) is 0 Å². The second-order valence-electron chi connectivity index (χ2n) is 9.67. The highest BCUT2D eigenvalue weighted by atomic mass is 16.5. The second-order valence-corrected chi connectivity index (χ2v) is 9.67. The van der Waals surface area contributed by atoms with Gasteiger partial charge in [0, 0.05) is 12.1 Å². The first kappa shape index (κ1) is 33.0. The fourth-order valence-electron chi connectivity index (χ4n) is 4.23. The quantitative estimate of drug-likeness (QED) is 0.147. The van der Waals surface area contributed by atoms with Crippen molar-refractivity contribution in [3.8, 4) is 17.2 Å². The lowest BCUT2D eigenvalue weighted by molar-refractivity contribution is -0.140. The van der Waals surface area contributed by atoms with Crippen LogP contribution in [0.25, 0.3) is 0 Å². The predicted octanol–water partition coefficient (Wildman–Crippen LogP) is 5.33. The summed E-state index contributed by atoms with van der Waals surface area (Å²) in [5.74, 6) is 1.06. The highest BCUT2D eigenvalue weighted by molar-refractivity contribution is 5.90. The third-order valence-electron chi connectivity index (χ3n) is 6.43. The van der Waals surface area contributed by atoms with E-state index in [2.05, 4.69) is 10.1 Å². The number of unbranched alkanes of at least 4 members (excludes halogenated alkanes) is 1. The number of esters is 2. The first-order chi connectivity index (χ1) is 21.0. The number of carbonyl (C=O) groups is 3. The van der Waals surface area contributed by atoms with E-state index in [9.17, 15) is 14.4 Å².